The summed E-state index contributed by atoms with van der Waals surface area (Å²) in [4.78, 5) is 0. The third kappa shape index (κ3) is 4.45. The van der Waals surface area contributed by atoms with Gasteiger partial charge in [-0.25, -0.2) is 5.79 Å². The van der Waals surface area contributed by atoms with Gasteiger partial charge in [-0.05, 0) is 5.92 Å². The zero-order chi connectivity index (χ0) is 10.7. The first-order valence-electron chi connectivity index (χ1n) is 5.14. The van der Waals surface area contributed by atoms with Gasteiger partial charge in [-0.2, -0.15) is 0 Å². The summed E-state index contributed by atoms with van der Waals surface area (Å²) in [6, 6.07) is 0. The zero-order valence-corrected chi connectivity index (χ0v) is 11.3. The van der Waals surface area contributed by atoms with Gasteiger partial charge >= 0.3 is 0 Å². The first-order valence-corrected chi connectivity index (χ1v) is 5.14. The Morgan fingerprint density at radius 2 is 1.57 bits per heavy atom. The van der Waals surface area contributed by atoms with Crippen LogP contribution in [0.2, 0.25) is 0 Å². The van der Waals surface area contributed by atoms with Crippen LogP contribution in [0.15, 0.2) is 0 Å². The van der Waals surface area contributed by atoms with Crippen molar-refractivity contribution in [3.8, 4) is 0 Å². The van der Waals surface area contributed by atoms with Crippen LogP contribution in [0.25, 0.3) is 0 Å². The molecule has 91 valence electrons. The summed E-state index contributed by atoms with van der Waals surface area (Å²) in [6.07, 6.45) is 3.19. The van der Waals surface area contributed by atoms with Crippen molar-refractivity contribution in [3.05, 3.63) is 0 Å². The monoisotopic (exact) mass is 293 g/mol. The molecule has 14 heavy (non-hydrogen) atoms. The van der Waals surface area contributed by atoms with E-state index in [1.807, 2.05) is 6.92 Å². The van der Waals surface area contributed by atoms with E-state index in [1.54, 1.807) is 13.8 Å². The molecule has 0 aromatic rings. The molecule has 1 unspecified atom stereocenters. The fraction of sp³-hybridized carbons (Fsp3) is 1.00. The number of unbranched alkanes of at least 4 members (excludes halogenated alkanes) is 1. The van der Waals surface area contributed by atoms with Gasteiger partial charge in [0.1, 0.15) is 0 Å². The summed E-state index contributed by atoms with van der Waals surface area (Å²) in [7, 11) is 0. The average Bonchev–Trinajstić information content (AvgIpc) is 1.97. The zero-order valence-electron chi connectivity index (χ0n) is 9.82. The van der Waals surface area contributed by atoms with Crippen LogP contribution in [0.3, 0.4) is 0 Å². The third-order valence-electron chi connectivity index (χ3n) is 3.39. The Morgan fingerprint density at radius 3 is 1.86 bits per heavy atom. The SMILES string of the molecule is CCCCC(C)C(C)(C)C(C)([O-])[O-].[Ag]. The van der Waals surface area contributed by atoms with Gasteiger partial charge in [-0.15, -0.1) is 0 Å². The minimum atomic E-state index is -2.08. The van der Waals surface area contributed by atoms with Gasteiger partial charge < -0.3 is 10.2 Å². The van der Waals surface area contributed by atoms with Gasteiger partial charge in [-0.1, -0.05) is 59.3 Å². The molecule has 0 saturated carbocycles. The first kappa shape index (κ1) is 17.1. The minimum absolute atomic E-state index is 0. The van der Waals surface area contributed by atoms with E-state index in [9.17, 15) is 10.2 Å². The molecule has 0 aliphatic heterocycles. The molecular formula is C11H22AgO2-2. The molecule has 1 atom stereocenters. The van der Waals surface area contributed by atoms with Crippen LogP contribution < -0.4 is 10.2 Å². The third-order valence-corrected chi connectivity index (χ3v) is 3.39. The van der Waals surface area contributed by atoms with Crippen molar-refractivity contribution in [2.24, 2.45) is 11.3 Å². The van der Waals surface area contributed by atoms with Gasteiger partial charge in [0.05, 0.1) is 0 Å². The van der Waals surface area contributed by atoms with Crippen molar-refractivity contribution in [2.45, 2.75) is 59.7 Å². The van der Waals surface area contributed by atoms with Crippen LogP contribution >= 0.6 is 0 Å². The van der Waals surface area contributed by atoms with Crippen LogP contribution in [0.5, 0.6) is 0 Å². The summed E-state index contributed by atoms with van der Waals surface area (Å²) < 4.78 is 0. The van der Waals surface area contributed by atoms with Crippen LogP contribution in [-0.4, -0.2) is 5.79 Å². The topological polar surface area (TPSA) is 46.1 Å². The molecule has 0 spiro atoms. The van der Waals surface area contributed by atoms with Crippen molar-refractivity contribution in [2.75, 3.05) is 0 Å². The fourth-order valence-corrected chi connectivity index (χ4v) is 1.32. The number of rotatable bonds is 5. The first-order chi connectivity index (χ1) is 5.73. The van der Waals surface area contributed by atoms with Crippen molar-refractivity contribution < 1.29 is 32.6 Å². The van der Waals surface area contributed by atoms with E-state index in [0.29, 0.717) is 0 Å². The Morgan fingerprint density at radius 1 is 1.14 bits per heavy atom. The Bertz CT molecular complexity index is 150. The maximum absolute atomic E-state index is 11.4. The standard InChI is InChI=1S/C11H22O2.Ag/c1-6-7-8-9(2)10(3,4)11(5,12)13;/h9H,6-8H2,1-5H3;/q-2;. The molecule has 2 nitrogen and oxygen atoms in total. The van der Waals surface area contributed by atoms with Crippen molar-refractivity contribution in [1.82, 2.24) is 0 Å². The van der Waals surface area contributed by atoms with E-state index in [-0.39, 0.29) is 28.3 Å². The maximum atomic E-state index is 11.4. The molecule has 0 heterocycles. The van der Waals surface area contributed by atoms with Crippen LogP contribution in [-0.2, 0) is 22.4 Å². The summed E-state index contributed by atoms with van der Waals surface area (Å²) in [6.45, 7) is 8.94. The van der Waals surface area contributed by atoms with Gasteiger partial charge in [0.15, 0.2) is 0 Å². The second kappa shape index (κ2) is 6.29. The maximum Gasteiger partial charge on any atom is 0 e. The molecule has 0 aliphatic carbocycles. The number of hydrogen-bond acceptors (Lipinski definition) is 2. The molecule has 0 aliphatic rings. The van der Waals surface area contributed by atoms with Gasteiger partial charge in [-0.3, -0.25) is 0 Å². The predicted molar refractivity (Wildman–Crippen MR) is 50.9 cm³/mol. The van der Waals surface area contributed by atoms with Crippen LogP contribution in [0.4, 0.5) is 0 Å². The molecule has 0 saturated heterocycles. The Hall–Kier alpha value is 0.660. The summed E-state index contributed by atoms with van der Waals surface area (Å²) in [5, 5.41) is 22.7. The van der Waals surface area contributed by atoms with E-state index < -0.39 is 11.2 Å². The van der Waals surface area contributed by atoms with Crippen LogP contribution in [0.1, 0.15) is 53.9 Å². The second-order valence-corrected chi connectivity index (χ2v) is 4.71. The summed E-state index contributed by atoms with van der Waals surface area (Å²) in [5.74, 6) is -1.88. The van der Waals surface area contributed by atoms with E-state index in [4.69, 9.17) is 0 Å². The molecule has 0 fully saturated rings. The van der Waals surface area contributed by atoms with E-state index >= 15 is 0 Å². The quantitative estimate of drug-likeness (QED) is 0.566. The summed E-state index contributed by atoms with van der Waals surface area (Å²) >= 11 is 0. The van der Waals surface area contributed by atoms with Gasteiger partial charge in [0.25, 0.3) is 0 Å². The Labute approximate surface area is 104 Å². The Balaban J connectivity index is 0. The molecule has 0 N–H and O–H groups in total. The molecular weight excluding hydrogens is 272 g/mol. The predicted octanol–water partition coefficient (Wildman–Crippen LogP) is 1.27. The largest absolute Gasteiger partial charge is 0.863 e. The van der Waals surface area contributed by atoms with Gasteiger partial charge in [0.2, 0.25) is 0 Å². The van der Waals surface area contributed by atoms with E-state index in [1.165, 1.54) is 6.92 Å². The normalized spacial score (nSPS) is 14.8. The minimum Gasteiger partial charge on any atom is -0.863 e. The molecule has 0 bridgehead atoms. The van der Waals surface area contributed by atoms with E-state index in [0.717, 1.165) is 19.3 Å². The molecule has 3 heteroatoms. The fourth-order valence-electron chi connectivity index (χ4n) is 1.32. The smallest absolute Gasteiger partial charge is 0 e. The molecule has 0 amide bonds. The Kier molecular flexibility index (Phi) is 7.67. The van der Waals surface area contributed by atoms with Crippen molar-refractivity contribution >= 4 is 0 Å². The molecule has 0 rings (SSSR count). The summed E-state index contributed by atoms with van der Waals surface area (Å²) in [5.41, 5.74) is -0.665. The average molecular weight is 294 g/mol. The number of hydrogen-bond donors (Lipinski definition) is 0. The van der Waals surface area contributed by atoms with E-state index in [2.05, 4.69) is 6.92 Å². The van der Waals surface area contributed by atoms with Crippen molar-refractivity contribution in [3.63, 3.8) is 0 Å². The molecule has 1 radical (unpaired) electrons. The molecule has 0 aromatic carbocycles. The second-order valence-electron chi connectivity index (χ2n) is 4.71. The van der Waals surface area contributed by atoms with Crippen molar-refractivity contribution in [1.29, 1.82) is 0 Å². The molecule has 0 aromatic heterocycles. The van der Waals surface area contributed by atoms with Crippen LogP contribution in [0, 0.1) is 11.3 Å². The van der Waals surface area contributed by atoms with Gasteiger partial charge in [0, 0.05) is 22.4 Å².